The first-order chi connectivity index (χ1) is 12.2. The Bertz CT molecular complexity index is 846. The van der Waals surface area contributed by atoms with Crippen LogP contribution >= 0.6 is 11.3 Å². The number of hydrogen-bond acceptors (Lipinski definition) is 4. The van der Waals surface area contributed by atoms with Gasteiger partial charge < -0.3 is 10.2 Å². The molecule has 1 saturated heterocycles. The van der Waals surface area contributed by atoms with E-state index in [2.05, 4.69) is 10.3 Å². The zero-order chi connectivity index (χ0) is 19.1. The number of carbonyl (C=O) groups is 2. The van der Waals surface area contributed by atoms with Crippen LogP contribution in [0.4, 0.5) is 13.2 Å². The minimum Gasteiger partial charge on any atom is -0.353 e. The van der Waals surface area contributed by atoms with Crippen LogP contribution in [-0.2, 0) is 11.0 Å². The van der Waals surface area contributed by atoms with Crippen LogP contribution in [0.5, 0.6) is 0 Å². The maximum atomic E-state index is 12.8. The zero-order valence-corrected chi connectivity index (χ0v) is 14.9. The van der Waals surface area contributed by atoms with E-state index in [1.807, 2.05) is 0 Å². The van der Waals surface area contributed by atoms with E-state index in [4.69, 9.17) is 0 Å². The van der Waals surface area contributed by atoms with Gasteiger partial charge in [-0.2, -0.15) is 13.2 Å². The highest BCUT2D eigenvalue weighted by Crippen LogP contribution is 2.33. The number of benzene rings is 1. The van der Waals surface area contributed by atoms with Gasteiger partial charge >= 0.3 is 6.18 Å². The van der Waals surface area contributed by atoms with Crippen molar-refractivity contribution in [2.24, 2.45) is 0 Å². The van der Waals surface area contributed by atoms with E-state index < -0.39 is 17.8 Å². The molecule has 1 aromatic carbocycles. The summed E-state index contributed by atoms with van der Waals surface area (Å²) in [5, 5.41) is 3.16. The van der Waals surface area contributed by atoms with Crippen molar-refractivity contribution in [2.75, 3.05) is 13.1 Å². The number of thiazole rings is 1. The molecule has 1 aliphatic rings. The Morgan fingerprint density at radius 3 is 2.58 bits per heavy atom. The molecule has 0 radical (unpaired) electrons. The Morgan fingerprint density at radius 1 is 1.31 bits per heavy atom. The summed E-state index contributed by atoms with van der Waals surface area (Å²) in [6, 6.07) is 4.08. The standard InChI is InChI=1S/C17H16F3N3O2S/c1-9-13(16(25)23-8-7-21-14(24)10(23)2)26-15(22-9)11-3-5-12(6-4-11)17(18,19)20/h3-6,10H,7-8H2,1-2H3,(H,21,24). The molecule has 9 heteroatoms. The van der Waals surface area contributed by atoms with Crippen molar-refractivity contribution < 1.29 is 22.8 Å². The smallest absolute Gasteiger partial charge is 0.353 e. The summed E-state index contributed by atoms with van der Waals surface area (Å²) in [6.45, 7) is 4.11. The van der Waals surface area contributed by atoms with Gasteiger partial charge in [0.2, 0.25) is 5.91 Å². The highest BCUT2D eigenvalue weighted by molar-refractivity contribution is 7.17. The first kappa shape index (κ1) is 18.4. The number of aromatic nitrogens is 1. The van der Waals surface area contributed by atoms with Crippen LogP contribution in [0.15, 0.2) is 24.3 Å². The van der Waals surface area contributed by atoms with Crippen LogP contribution in [-0.4, -0.2) is 40.8 Å². The molecule has 26 heavy (non-hydrogen) atoms. The van der Waals surface area contributed by atoms with Crippen molar-refractivity contribution in [3.63, 3.8) is 0 Å². The molecule has 0 saturated carbocycles. The molecule has 1 fully saturated rings. The number of aryl methyl sites for hydroxylation is 1. The van der Waals surface area contributed by atoms with E-state index in [1.54, 1.807) is 13.8 Å². The van der Waals surface area contributed by atoms with Crippen molar-refractivity contribution in [1.29, 1.82) is 0 Å². The van der Waals surface area contributed by atoms with Gasteiger partial charge in [0.1, 0.15) is 15.9 Å². The maximum absolute atomic E-state index is 12.8. The van der Waals surface area contributed by atoms with Crippen LogP contribution < -0.4 is 5.32 Å². The van der Waals surface area contributed by atoms with Gasteiger partial charge in [-0.25, -0.2) is 4.98 Å². The lowest BCUT2D eigenvalue weighted by molar-refractivity contribution is -0.137. The fourth-order valence-electron chi connectivity index (χ4n) is 2.71. The van der Waals surface area contributed by atoms with Gasteiger partial charge in [-0.3, -0.25) is 9.59 Å². The number of hydrogen-bond donors (Lipinski definition) is 1. The Balaban J connectivity index is 1.87. The Labute approximate surface area is 151 Å². The molecule has 2 amide bonds. The summed E-state index contributed by atoms with van der Waals surface area (Å²) in [7, 11) is 0. The van der Waals surface area contributed by atoms with Gasteiger partial charge in [0.05, 0.1) is 11.3 Å². The summed E-state index contributed by atoms with van der Waals surface area (Å²) in [5.41, 5.74) is 0.265. The molecule has 1 atom stereocenters. The summed E-state index contributed by atoms with van der Waals surface area (Å²) in [4.78, 5) is 30.7. The maximum Gasteiger partial charge on any atom is 0.416 e. The van der Waals surface area contributed by atoms with Crippen LogP contribution in [0.25, 0.3) is 10.6 Å². The topological polar surface area (TPSA) is 62.3 Å². The predicted octanol–water partition coefficient (Wildman–Crippen LogP) is 3.10. The van der Waals surface area contributed by atoms with Crippen molar-refractivity contribution in [1.82, 2.24) is 15.2 Å². The van der Waals surface area contributed by atoms with Gasteiger partial charge in [-0.1, -0.05) is 12.1 Å². The number of amides is 2. The van der Waals surface area contributed by atoms with E-state index in [0.717, 1.165) is 23.5 Å². The summed E-state index contributed by atoms with van der Waals surface area (Å²) in [6.07, 6.45) is -4.40. The van der Waals surface area contributed by atoms with E-state index in [-0.39, 0.29) is 11.8 Å². The number of nitrogens with one attached hydrogen (secondary N) is 1. The molecule has 2 heterocycles. The minimum atomic E-state index is -4.40. The Hall–Kier alpha value is -2.42. The van der Waals surface area contributed by atoms with E-state index >= 15 is 0 Å². The fourth-order valence-corrected chi connectivity index (χ4v) is 3.74. The molecule has 0 aliphatic carbocycles. The van der Waals surface area contributed by atoms with Crippen molar-refractivity contribution in [2.45, 2.75) is 26.1 Å². The fraction of sp³-hybridized carbons (Fsp3) is 0.353. The molecule has 2 aromatic rings. The van der Waals surface area contributed by atoms with Crippen molar-refractivity contribution in [3.8, 4) is 10.6 Å². The second-order valence-electron chi connectivity index (χ2n) is 5.97. The van der Waals surface area contributed by atoms with Crippen molar-refractivity contribution >= 4 is 23.2 Å². The van der Waals surface area contributed by atoms with Gasteiger partial charge in [-0.05, 0) is 26.0 Å². The SMILES string of the molecule is Cc1nc(-c2ccc(C(F)(F)F)cc2)sc1C(=O)N1CCNC(=O)C1C. The summed E-state index contributed by atoms with van der Waals surface area (Å²) in [5.74, 6) is -0.504. The average Bonchev–Trinajstić information content (AvgIpc) is 2.98. The third-order valence-electron chi connectivity index (χ3n) is 4.21. The first-order valence-electron chi connectivity index (χ1n) is 7.92. The Kier molecular flexibility index (Phi) is 4.74. The van der Waals surface area contributed by atoms with Crippen LogP contribution in [0.3, 0.4) is 0 Å². The van der Waals surface area contributed by atoms with E-state index in [1.165, 1.54) is 17.0 Å². The molecule has 3 rings (SSSR count). The first-order valence-corrected chi connectivity index (χ1v) is 8.74. The molecule has 0 spiro atoms. The second-order valence-corrected chi connectivity index (χ2v) is 6.97. The molecule has 138 valence electrons. The highest BCUT2D eigenvalue weighted by atomic mass is 32.1. The number of rotatable bonds is 2. The average molecular weight is 383 g/mol. The minimum absolute atomic E-state index is 0.213. The van der Waals surface area contributed by atoms with Gasteiger partial charge in [-0.15, -0.1) is 11.3 Å². The molecule has 5 nitrogen and oxygen atoms in total. The molecule has 1 unspecified atom stereocenters. The predicted molar refractivity (Wildman–Crippen MR) is 90.8 cm³/mol. The number of alkyl halides is 3. The monoisotopic (exact) mass is 383 g/mol. The zero-order valence-electron chi connectivity index (χ0n) is 14.1. The van der Waals surface area contributed by atoms with E-state index in [0.29, 0.717) is 34.2 Å². The Morgan fingerprint density at radius 2 is 1.96 bits per heavy atom. The van der Waals surface area contributed by atoms with Gasteiger partial charge in [0.15, 0.2) is 0 Å². The third-order valence-corrected chi connectivity index (χ3v) is 5.40. The quantitative estimate of drug-likeness (QED) is 0.867. The van der Waals surface area contributed by atoms with Gasteiger partial charge in [0.25, 0.3) is 5.91 Å². The highest BCUT2D eigenvalue weighted by Gasteiger charge is 2.32. The molecule has 1 aromatic heterocycles. The molecular formula is C17H16F3N3O2S. The molecule has 1 N–H and O–H groups in total. The number of piperazine rings is 1. The third kappa shape index (κ3) is 3.44. The molecule has 0 bridgehead atoms. The largest absolute Gasteiger partial charge is 0.416 e. The normalized spacial score (nSPS) is 18.0. The lowest BCUT2D eigenvalue weighted by Gasteiger charge is -2.32. The van der Waals surface area contributed by atoms with Crippen LogP contribution in [0.1, 0.15) is 27.9 Å². The lowest BCUT2D eigenvalue weighted by atomic mass is 10.1. The second kappa shape index (κ2) is 6.71. The lowest BCUT2D eigenvalue weighted by Crippen LogP contribution is -2.55. The number of halogens is 3. The van der Waals surface area contributed by atoms with E-state index in [9.17, 15) is 22.8 Å². The number of nitrogens with zero attached hydrogens (tertiary/aromatic N) is 2. The van der Waals surface area contributed by atoms with Crippen LogP contribution in [0, 0.1) is 6.92 Å². The van der Waals surface area contributed by atoms with Crippen LogP contribution in [0.2, 0.25) is 0 Å². The van der Waals surface area contributed by atoms with Crippen molar-refractivity contribution in [3.05, 3.63) is 40.4 Å². The summed E-state index contributed by atoms with van der Waals surface area (Å²) < 4.78 is 38.0. The summed E-state index contributed by atoms with van der Waals surface area (Å²) >= 11 is 1.12. The molecule has 1 aliphatic heterocycles. The van der Waals surface area contributed by atoms with Gasteiger partial charge in [0, 0.05) is 18.7 Å². The molecular weight excluding hydrogens is 367 g/mol. The number of carbonyl (C=O) groups excluding carboxylic acids is 2.